The van der Waals surface area contributed by atoms with Gasteiger partial charge in [0.05, 0.1) is 16.2 Å². The molecule has 0 aliphatic rings. The van der Waals surface area contributed by atoms with Gasteiger partial charge in [0.2, 0.25) is 0 Å². The molecule has 2 aromatic rings. The highest BCUT2D eigenvalue weighted by Gasteiger charge is 2.21. The smallest absolute Gasteiger partial charge is 0.311 e. The number of amides is 1. The van der Waals surface area contributed by atoms with E-state index in [1.165, 1.54) is 19.1 Å². The lowest BCUT2D eigenvalue weighted by atomic mass is 10.2. The van der Waals surface area contributed by atoms with Crippen LogP contribution in [0.2, 0.25) is 0 Å². The number of carbonyl (C=O) groups is 1. The van der Waals surface area contributed by atoms with Crippen molar-refractivity contribution in [1.82, 2.24) is 0 Å². The molecule has 24 heavy (non-hydrogen) atoms. The summed E-state index contributed by atoms with van der Waals surface area (Å²) in [6, 6.07) is 13.0. The molecule has 0 unspecified atom stereocenters. The molecule has 0 aromatic heterocycles. The zero-order valence-electron chi connectivity index (χ0n) is 13.1. The lowest BCUT2D eigenvalue weighted by Gasteiger charge is -2.15. The number of nitrogens with one attached hydrogen (secondary N) is 1. The van der Waals surface area contributed by atoms with Crippen LogP contribution < -0.4 is 10.1 Å². The van der Waals surface area contributed by atoms with E-state index in [1.54, 1.807) is 37.3 Å². The molecule has 0 heterocycles. The minimum atomic E-state index is -0.974. The average molecular weight is 325 g/mol. The van der Waals surface area contributed by atoms with E-state index >= 15 is 0 Å². The molecular formula is C17H15N3O4. The fourth-order valence-corrected chi connectivity index (χ4v) is 2.04. The van der Waals surface area contributed by atoms with Crippen molar-refractivity contribution in [3.8, 4) is 11.8 Å². The molecule has 0 saturated heterocycles. The van der Waals surface area contributed by atoms with Gasteiger partial charge in [-0.3, -0.25) is 14.9 Å². The number of hydrogen-bond acceptors (Lipinski definition) is 5. The molecule has 0 aliphatic heterocycles. The van der Waals surface area contributed by atoms with Crippen LogP contribution in [0.4, 0.5) is 11.4 Å². The van der Waals surface area contributed by atoms with Crippen LogP contribution in [0.3, 0.4) is 0 Å². The quantitative estimate of drug-likeness (QED) is 0.671. The zero-order chi connectivity index (χ0) is 17.7. The van der Waals surface area contributed by atoms with Crippen molar-refractivity contribution in [3.63, 3.8) is 0 Å². The number of rotatable bonds is 5. The first-order valence-corrected chi connectivity index (χ1v) is 7.14. The third kappa shape index (κ3) is 3.87. The molecule has 0 saturated carbocycles. The monoisotopic (exact) mass is 325 g/mol. The molecule has 0 aliphatic carbocycles. The highest BCUT2D eigenvalue weighted by Crippen LogP contribution is 2.28. The van der Waals surface area contributed by atoms with Crippen molar-refractivity contribution in [1.29, 1.82) is 5.26 Å². The van der Waals surface area contributed by atoms with Crippen molar-refractivity contribution in [2.75, 3.05) is 5.32 Å². The SMILES string of the molecule is Cc1ccc(O[C@@H](C)C(=O)Nc2ccccc2C#N)c([N+](=O)[O-])c1. The highest BCUT2D eigenvalue weighted by atomic mass is 16.6. The van der Waals surface area contributed by atoms with Crippen LogP contribution in [0, 0.1) is 28.4 Å². The number of nitro benzene ring substituents is 1. The number of nitriles is 1. The average Bonchev–Trinajstić information content (AvgIpc) is 2.56. The number of aryl methyl sites for hydroxylation is 1. The molecular weight excluding hydrogens is 310 g/mol. The molecule has 0 bridgehead atoms. The molecule has 0 radical (unpaired) electrons. The van der Waals surface area contributed by atoms with Gasteiger partial charge >= 0.3 is 5.69 Å². The van der Waals surface area contributed by atoms with Gasteiger partial charge in [-0.2, -0.15) is 5.26 Å². The summed E-state index contributed by atoms with van der Waals surface area (Å²) >= 11 is 0. The number of nitro groups is 1. The molecule has 2 rings (SSSR count). The first kappa shape index (κ1) is 17.0. The first-order valence-electron chi connectivity index (χ1n) is 7.14. The number of benzene rings is 2. The molecule has 1 atom stereocenters. The lowest BCUT2D eigenvalue weighted by molar-refractivity contribution is -0.386. The Morgan fingerprint density at radius 3 is 2.71 bits per heavy atom. The Labute approximate surface area is 138 Å². The first-order chi connectivity index (χ1) is 11.4. The Hall–Kier alpha value is -3.40. The Bertz CT molecular complexity index is 827. The second-order valence-corrected chi connectivity index (χ2v) is 5.14. The summed E-state index contributed by atoms with van der Waals surface area (Å²) < 4.78 is 5.43. The van der Waals surface area contributed by atoms with Gasteiger partial charge in [0.15, 0.2) is 11.9 Å². The number of para-hydroxylation sites is 1. The van der Waals surface area contributed by atoms with E-state index in [-0.39, 0.29) is 11.4 Å². The summed E-state index contributed by atoms with van der Waals surface area (Å²) in [6.07, 6.45) is -0.974. The van der Waals surface area contributed by atoms with Crippen LogP contribution in [0.1, 0.15) is 18.1 Å². The predicted octanol–water partition coefficient (Wildman–Crippen LogP) is 3.18. The van der Waals surface area contributed by atoms with E-state index in [4.69, 9.17) is 10.00 Å². The minimum Gasteiger partial charge on any atom is -0.474 e. The number of hydrogen-bond donors (Lipinski definition) is 1. The van der Waals surface area contributed by atoms with Crippen LogP contribution in [-0.2, 0) is 4.79 Å². The van der Waals surface area contributed by atoms with Crippen LogP contribution >= 0.6 is 0 Å². The second kappa shape index (κ2) is 7.24. The Balaban J connectivity index is 2.15. The molecule has 7 heteroatoms. The van der Waals surface area contributed by atoms with Crippen molar-refractivity contribution >= 4 is 17.3 Å². The van der Waals surface area contributed by atoms with E-state index in [0.717, 1.165) is 0 Å². The fourth-order valence-electron chi connectivity index (χ4n) is 2.04. The van der Waals surface area contributed by atoms with Crippen molar-refractivity contribution in [2.45, 2.75) is 20.0 Å². The number of nitrogens with zero attached hydrogens (tertiary/aromatic N) is 2. The number of ether oxygens (including phenoxy) is 1. The standard InChI is InChI=1S/C17H15N3O4/c1-11-7-8-16(15(9-11)20(22)23)24-12(2)17(21)19-14-6-4-3-5-13(14)10-18/h3-9,12H,1-2H3,(H,19,21)/t12-/m0/s1. The van der Waals surface area contributed by atoms with Crippen LogP contribution in [0.5, 0.6) is 5.75 Å². The number of carbonyl (C=O) groups excluding carboxylic acids is 1. The van der Waals surface area contributed by atoms with Crippen molar-refractivity contribution in [3.05, 3.63) is 63.7 Å². The maximum Gasteiger partial charge on any atom is 0.311 e. The van der Waals surface area contributed by atoms with Gasteiger partial charge in [-0.15, -0.1) is 0 Å². The molecule has 122 valence electrons. The molecule has 0 fully saturated rings. The van der Waals surface area contributed by atoms with E-state index in [1.807, 2.05) is 6.07 Å². The minimum absolute atomic E-state index is 0.0156. The summed E-state index contributed by atoms with van der Waals surface area (Å²) in [5, 5.41) is 22.7. The van der Waals surface area contributed by atoms with Gasteiger partial charge in [-0.25, -0.2) is 0 Å². The molecule has 0 spiro atoms. The lowest BCUT2D eigenvalue weighted by Crippen LogP contribution is -2.30. The maximum absolute atomic E-state index is 12.2. The zero-order valence-corrected chi connectivity index (χ0v) is 13.1. The maximum atomic E-state index is 12.2. The van der Waals surface area contributed by atoms with Crippen molar-refractivity contribution < 1.29 is 14.5 Å². The van der Waals surface area contributed by atoms with Gasteiger partial charge in [0.25, 0.3) is 5.91 Å². The summed E-state index contributed by atoms with van der Waals surface area (Å²) in [7, 11) is 0. The predicted molar refractivity (Wildman–Crippen MR) is 87.7 cm³/mol. The van der Waals surface area contributed by atoms with Gasteiger partial charge < -0.3 is 10.1 Å². The van der Waals surface area contributed by atoms with E-state index in [9.17, 15) is 14.9 Å². The summed E-state index contributed by atoms with van der Waals surface area (Å²) in [4.78, 5) is 22.7. The van der Waals surface area contributed by atoms with Crippen molar-refractivity contribution in [2.24, 2.45) is 0 Å². The second-order valence-electron chi connectivity index (χ2n) is 5.14. The van der Waals surface area contributed by atoms with Gasteiger partial charge in [0.1, 0.15) is 6.07 Å². The largest absolute Gasteiger partial charge is 0.474 e. The Morgan fingerprint density at radius 2 is 2.04 bits per heavy atom. The van der Waals surface area contributed by atoms with Crippen LogP contribution in [-0.4, -0.2) is 16.9 Å². The van der Waals surface area contributed by atoms with Crippen LogP contribution in [0.25, 0.3) is 0 Å². The molecule has 7 nitrogen and oxygen atoms in total. The van der Waals surface area contributed by atoms with Crippen LogP contribution in [0.15, 0.2) is 42.5 Å². The van der Waals surface area contributed by atoms with Gasteiger partial charge in [-0.1, -0.05) is 18.2 Å². The summed E-state index contributed by atoms with van der Waals surface area (Å²) in [6.45, 7) is 3.21. The molecule has 1 amide bonds. The van der Waals surface area contributed by atoms with E-state index in [2.05, 4.69) is 5.32 Å². The Morgan fingerprint density at radius 1 is 1.33 bits per heavy atom. The molecule has 2 aromatic carbocycles. The van der Waals surface area contributed by atoms with E-state index in [0.29, 0.717) is 16.8 Å². The third-order valence-electron chi connectivity index (χ3n) is 3.29. The summed E-state index contributed by atoms with van der Waals surface area (Å²) in [5.41, 5.74) is 1.19. The molecule has 1 N–H and O–H groups in total. The topological polar surface area (TPSA) is 105 Å². The summed E-state index contributed by atoms with van der Waals surface area (Å²) in [5.74, 6) is -0.491. The number of anilines is 1. The van der Waals surface area contributed by atoms with Gasteiger partial charge in [-0.05, 0) is 37.6 Å². The normalized spacial score (nSPS) is 11.2. The highest BCUT2D eigenvalue weighted by molar-refractivity contribution is 5.95. The fraction of sp³-hybridized carbons (Fsp3) is 0.176. The third-order valence-corrected chi connectivity index (χ3v) is 3.29. The van der Waals surface area contributed by atoms with Gasteiger partial charge in [0, 0.05) is 6.07 Å². The van der Waals surface area contributed by atoms with E-state index < -0.39 is 16.9 Å². The Kier molecular flexibility index (Phi) is 5.12.